The molecule has 24 heavy (non-hydrogen) atoms. The van der Waals surface area contributed by atoms with Crippen molar-refractivity contribution >= 4 is 50.3 Å². The van der Waals surface area contributed by atoms with Crippen LogP contribution < -0.4 is 14.8 Å². The minimum atomic E-state index is -0.252. The number of anilines is 1. The molecule has 5 nitrogen and oxygen atoms in total. The zero-order valence-electron chi connectivity index (χ0n) is 12.3. The van der Waals surface area contributed by atoms with Crippen molar-refractivity contribution < 1.29 is 14.3 Å². The van der Waals surface area contributed by atoms with Gasteiger partial charge in [-0.3, -0.25) is 10.1 Å². The maximum absolute atomic E-state index is 12.1. The molecule has 0 spiro atoms. The number of nitrogens with zero attached hydrogens (tertiary/aromatic N) is 1. The molecule has 0 atom stereocenters. The molecule has 4 rings (SSSR count). The lowest BCUT2D eigenvalue weighted by Gasteiger charge is -1.98. The van der Waals surface area contributed by atoms with E-state index >= 15 is 0 Å². The van der Waals surface area contributed by atoms with Crippen LogP contribution in [0.1, 0.15) is 5.56 Å². The molecule has 0 saturated heterocycles. The number of amides is 1. The van der Waals surface area contributed by atoms with Crippen LogP contribution >= 0.6 is 22.9 Å². The molecule has 0 fully saturated rings. The molecule has 1 aromatic heterocycles. The molecule has 0 bridgehead atoms. The molecule has 0 unspecified atom stereocenters. The Balaban J connectivity index is 1.47. The Morgan fingerprint density at radius 1 is 1.21 bits per heavy atom. The van der Waals surface area contributed by atoms with Crippen molar-refractivity contribution in [3.05, 3.63) is 53.1 Å². The van der Waals surface area contributed by atoms with E-state index in [4.69, 9.17) is 21.1 Å². The van der Waals surface area contributed by atoms with Crippen LogP contribution in [0.4, 0.5) is 5.13 Å². The third-order valence-corrected chi connectivity index (χ3v) is 4.57. The molecule has 120 valence electrons. The Bertz CT molecular complexity index is 968. The maximum Gasteiger partial charge on any atom is 0.250 e. The predicted octanol–water partition coefficient (Wildman–Crippen LogP) is 4.33. The van der Waals surface area contributed by atoms with Gasteiger partial charge in [0.15, 0.2) is 16.6 Å². The fourth-order valence-corrected chi connectivity index (χ4v) is 3.43. The SMILES string of the molecule is O=C(/C=C/c1ccc2c(c1)OCO2)Nc1nc2ccc(Cl)cc2s1. The number of fused-ring (bicyclic) bond motifs is 2. The molecule has 0 aliphatic carbocycles. The summed E-state index contributed by atoms with van der Waals surface area (Å²) in [6.45, 7) is 0.227. The summed E-state index contributed by atoms with van der Waals surface area (Å²) in [5.41, 5.74) is 1.66. The second-order valence-electron chi connectivity index (χ2n) is 5.07. The molecule has 1 aliphatic heterocycles. The van der Waals surface area contributed by atoms with Gasteiger partial charge in [0.05, 0.1) is 10.2 Å². The molecule has 0 saturated carbocycles. The molecular weight excluding hydrogens is 348 g/mol. The molecule has 1 amide bonds. The van der Waals surface area contributed by atoms with Gasteiger partial charge in [-0.1, -0.05) is 29.0 Å². The normalized spacial score (nSPS) is 12.9. The number of hydrogen-bond donors (Lipinski definition) is 1. The Morgan fingerprint density at radius 2 is 2.08 bits per heavy atom. The summed E-state index contributed by atoms with van der Waals surface area (Å²) in [6.07, 6.45) is 3.16. The Morgan fingerprint density at radius 3 is 3.00 bits per heavy atom. The van der Waals surface area contributed by atoms with Crippen molar-refractivity contribution in [2.75, 3.05) is 12.1 Å². The number of nitrogens with one attached hydrogen (secondary N) is 1. The van der Waals surface area contributed by atoms with Crippen molar-refractivity contribution in [3.63, 3.8) is 0 Å². The van der Waals surface area contributed by atoms with Gasteiger partial charge in [0.25, 0.3) is 0 Å². The lowest BCUT2D eigenvalue weighted by molar-refractivity contribution is -0.111. The lowest BCUT2D eigenvalue weighted by Crippen LogP contribution is -2.07. The first kappa shape index (κ1) is 15.0. The minimum Gasteiger partial charge on any atom is -0.454 e. The van der Waals surface area contributed by atoms with E-state index in [1.807, 2.05) is 30.3 Å². The quantitative estimate of drug-likeness (QED) is 0.708. The number of rotatable bonds is 3. The highest BCUT2D eigenvalue weighted by molar-refractivity contribution is 7.22. The first-order chi connectivity index (χ1) is 11.7. The first-order valence-corrected chi connectivity index (χ1v) is 8.32. The third-order valence-electron chi connectivity index (χ3n) is 3.40. The standard InChI is InChI=1S/C17H11ClN2O3S/c18-11-3-4-12-15(8-11)24-17(19-12)20-16(21)6-2-10-1-5-13-14(7-10)23-9-22-13/h1-8H,9H2,(H,19,20,21)/b6-2+. The van der Waals surface area contributed by atoms with Gasteiger partial charge < -0.3 is 9.47 Å². The largest absolute Gasteiger partial charge is 0.454 e. The molecule has 2 aromatic carbocycles. The average Bonchev–Trinajstić information content (AvgIpc) is 3.17. The van der Waals surface area contributed by atoms with Crippen LogP contribution in [-0.4, -0.2) is 17.7 Å². The summed E-state index contributed by atoms with van der Waals surface area (Å²) in [4.78, 5) is 16.4. The fraction of sp³-hybridized carbons (Fsp3) is 0.0588. The zero-order valence-corrected chi connectivity index (χ0v) is 13.9. The highest BCUT2D eigenvalue weighted by Crippen LogP contribution is 2.33. The smallest absolute Gasteiger partial charge is 0.250 e. The van der Waals surface area contributed by atoms with Gasteiger partial charge in [0.1, 0.15) is 0 Å². The first-order valence-electron chi connectivity index (χ1n) is 7.12. The number of thiazole rings is 1. The van der Waals surface area contributed by atoms with E-state index in [9.17, 15) is 4.79 Å². The van der Waals surface area contributed by atoms with E-state index in [0.717, 1.165) is 15.8 Å². The number of benzene rings is 2. The zero-order chi connectivity index (χ0) is 16.5. The fourth-order valence-electron chi connectivity index (χ4n) is 2.29. The number of hydrogen-bond acceptors (Lipinski definition) is 5. The summed E-state index contributed by atoms with van der Waals surface area (Å²) >= 11 is 7.33. The van der Waals surface area contributed by atoms with E-state index in [2.05, 4.69) is 10.3 Å². The second-order valence-corrected chi connectivity index (χ2v) is 6.53. The molecule has 7 heteroatoms. The lowest BCUT2D eigenvalue weighted by atomic mass is 10.2. The van der Waals surface area contributed by atoms with Crippen molar-refractivity contribution in [2.24, 2.45) is 0 Å². The van der Waals surface area contributed by atoms with Crippen LogP contribution in [-0.2, 0) is 4.79 Å². The van der Waals surface area contributed by atoms with E-state index in [1.165, 1.54) is 17.4 Å². The third kappa shape index (κ3) is 3.06. The van der Waals surface area contributed by atoms with E-state index in [-0.39, 0.29) is 12.7 Å². The Labute approximate surface area is 146 Å². The number of aromatic nitrogens is 1. The van der Waals surface area contributed by atoms with Crippen molar-refractivity contribution in [1.82, 2.24) is 4.98 Å². The highest BCUT2D eigenvalue weighted by atomic mass is 35.5. The van der Waals surface area contributed by atoms with Crippen LogP contribution in [0, 0.1) is 0 Å². The predicted molar refractivity (Wildman–Crippen MR) is 94.9 cm³/mol. The van der Waals surface area contributed by atoms with Gasteiger partial charge in [0, 0.05) is 11.1 Å². The number of ether oxygens (including phenoxy) is 2. The van der Waals surface area contributed by atoms with E-state index in [0.29, 0.717) is 21.7 Å². The van der Waals surface area contributed by atoms with Crippen LogP contribution in [0.25, 0.3) is 16.3 Å². The van der Waals surface area contributed by atoms with Crippen LogP contribution in [0.3, 0.4) is 0 Å². The highest BCUT2D eigenvalue weighted by Gasteiger charge is 2.12. The van der Waals surface area contributed by atoms with Gasteiger partial charge in [-0.05, 0) is 42.0 Å². The van der Waals surface area contributed by atoms with Crippen molar-refractivity contribution in [2.45, 2.75) is 0 Å². The van der Waals surface area contributed by atoms with Gasteiger partial charge in [-0.25, -0.2) is 4.98 Å². The van der Waals surface area contributed by atoms with Crippen molar-refractivity contribution in [1.29, 1.82) is 0 Å². The number of halogens is 1. The molecule has 1 N–H and O–H groups in total. The number of carbonyl (C=O) groups is 1. The van der Waals surface area contributed by atoms with Crippen molar-refractivity contribution in [3.8, 4) is 11.5 Å². The molecular formula is C17H11ClN2O3S. The van der Waals surface area contributed by atoms with Crippen LogP contribution in [0.2, 0.25) is 5.02 Å². The van der Waals surface area contributed by atoms with Gasteiger partial charge in [-0.15, -0.1) is 0 Å². The summed E-state index contributed by atoms with van der Waals surface area (Å²) in [5.74, 6) is 1.14. The Hall–Kier alpha value is -2.57. The van der Waals surface area contributed by atoms with Gasteiger partial charge in [-0.2, -0.15) is 0 Å². The monoisotopic (exact) mass is 358 g/mol. The van der Waals surface area contributed by atoms with Gasteiger partial charge in [0.2, 0.25) is 12.7 Å². The van der Waals surface area contributed by atoms with E-state index in [1.54, 1.807) is 12.1 Å². The Kier molecular flexibility index (Phi) is 3.84. The summed E-state index contributed by atoms with van der Waals surface area (Å²) in [5, 5.41) is 3.94. The molecule has 3 aromatic rings. The molecule has 1 aliphatic rings. The summed E-state index contributed by atoms with van der Waals surface area (Å²) in [6, 6.07) is 10.9. The van der Waals surface area contributed by atoms with E-state index < -0.39 is 0 Å². The topological polar surface area (TPSA) is 60.5 Å². The molecule has 2 heterocycles. The summed E-state index contributed by atoms with van der Waals surface area (Å²) in [7, 11) is 0. The average molecular weight is 359 g/mol. The second kappa shape index (κ2) is 6.14. The van der Waals surface area contributed by atoms with Crippen LogP contribution in [0.5, 0.6) is 11.5 Å². The summed E-state index contributed by atoms with van der Waals surface area (Å²) < 4.78 is 11.5. The molecule has 0 radical (unpaired) electrons. The maximum atomic E-state index is 12.1. The van der Waals surface area contributed by atoms with Crippen LogP contribution in [0.15, 0.2) is 42.5 Å². The number of carbonyl (C=O) groups excluding carboxylic acids is 1. The minimum absolute atomic E-state index is 0.227. The van der Waals surface area contributed by atoms with Gasteiger partial charge >= 0.3 is 0 Å².